The van der Waals surface area contributed by atoms with Gasteiger partial charge >= 0.3 is 0 Å². The number of rotatable bonds is 8. The molecule has 0 aliphatic carbocycles. The quantitative estimate of drug-likeness (QED) is 0.368. The molecule has 1 heterocycles. The van der Waals surface area contributed by atoms with Crippen molar-refractivity contribution in [3.8, 4) is 22.8 Å². The molecule has 0 aliphatic heterocycles. The Labute approximate surface area is 198 Å². The van der Waals surface area contributed by atoms with Gasteiger partial charge in [0.25, 0.3) is 10.0 Å². The second-order valence-corrected chi connectivity index (χ2v) is 9.06. The summed E-state index contributed by atoms with van der Waals surface area (Å²) in [7, 11) is -0.905. The fourth-order valence-electron chi connectivity index (χ4n) is 3.39. The molecule has 0 unspecified atom stereocenters. The molecule has 4 aromatic rings. The second-order valence-electron chi connectivity index (χ2n) is 7.38. The third-order valence-electron chi connectivity index (χ3n) is 4.96. The van der Waals surface area contributed by atoms with Crippen molar-refractivity contribution in [3.63, 3.8) is 0 Å². The Bertz CT molecular complexity index is 1410. The highest BCUT2D eigenvalue weighted by Gasteiger charge is 2.17. The van der Waals surface area contributed by atoms with E-state index in [1.54, 1.807) is 24.3 Å². The largest absolute Gasteiger partial charge is 0.493 e. The van der Waals surface area contributed by atoms with Gasteiger partial charge in [-0.3, -0.25) is 4.72 Å². The lowest BCUT2D eigenvalue weighted by Gasteiger charge is -2.13. The lowest BCUT2D eigenvalue weighted by Crippen LogP contribution is -2.13. The van der Waals surface area contributed by atoms with Crippen molar-refractivity contribution in [3.05, 3.63) is 84.7 Å². The maximum atomic E-state index is 12.9. The summed E-state index contributed by atoms with van der Waals surface area (Å²) in [5.74, 6) is 2.00. The molecule has 3 aromatic carbocycles. The molecule has 0 spiro atoms. The third kappa shape index (κ3) is 5.26. The van der Waals surface area contributed by atoms with E-state index >= 15 is 0 Å². The fraction of sp³-hybridized carbons (Fsp3) is 0.120. The van der Waals surface area contributed by atoms with Crippen molar-refractivity contribution in [2.45, 2.75) is 11.8 Å². The van der Waals surface area contributed by atoms with Gasteiger partial charge in [0.2, 0.25) is 0 Å². The number of ether oxygens (including phenoxy) is 2. The smallest absolute Gasteiger partial charge is 0.262 e. The van der Waals surface area contributed by atoms with E-state index < -0.39 is 10.0 Å². The van der Waals surface area contributed by atoms with Crippen molar-refractivity contribution in [2.75, 3.05) is 24.3 Å². The Balaban J connectivity index is 1.57. The molecule has 9 heteroatoms. The summed E-state index contributed by atoms with van der Waals surface area (Å²) in [4.78, 5) is 9.02. The predicted molar refractivity (Wildman–Crippen MR) is 132 cm³/mol. The zero-order chi connectivity index (χ0) is 24.1. The molecule has 0 radical (unpaired) electrons. The highest BCUT2D eigenvalue weighted by molar-refractivity contribution is 7.92. The number of aryl methyl sites for hydroxylation is 1. The molecule has 0 atom stereocenters. The number of sulfonamides is 1. The summed E-state index contributed by atoms with van der Waals surface area (Å²) < 4.78 is 38.9. The Morgan fingerprint density at radius 3 is 2.24 bits per heavy atom. The van der Waals surface area contributed by atoms with E-state index in [0.717, 1.165) is 11.3 Å². The Hall–Kier alpha value is -4.11. The fourth-order valence-corrected chi connectivity index (χ4v) is 4.46. The zero-order valence-corrected chi connectivity index (χ0v) is 19.8. The Morgan fingerprint density at radius 2 is 1.50 bits per heavy atom. The van der Waals surface area contributed by atoms with Gasteiger partial charge in [-0.05, 0) is 37.3 Å². The van der Waals surface area contributed by atoms with Crippen LogP contribution in [0, 0.1) is 6.92 Å². The summed E-state index contributed by atoms with van der Waals surface area (Å²) in [6.07, 6.45) is 0. The zero-order valence-electron chi connectivity index (χ0n) is 18.9. The highest BCUT2D eigenvalue weighted by atomic mass is 32.2. The predicted octanol–water partition coefficient (Wildman–Crippen LogP) is 5.01. The molecule has 174 valence electrons. The highest BCUT2D eigenvalue weighted by Crippen LogP contribution is 2.30. The maximum absolute atomic E-state index is 12.9. The van der Waals surface area contributed by atoms with Crippen LogP contribution in [0.2, 0.25) is 0 Å². The third-order valence-corrected chi connectivity index (χ3v) is 6.34. The van der Waals surface area contributed by atoms with E-state index in [0.29, 0.717) is 34.5 Å². The van der Waals surface area contributed by atoms with Crippen molar-refractivity contribution >= 4 is 27.2 Å². The number of anilines is 3. The molecule has 0 amide bonds. The van der Waals surface area contributed by atoms with Gasteiger partial charge in [-0.25, -0.2) is 18.4 Å². The number of aromatic nitrogens is 2. The SMILES string of the molecule is COc1ccc(S(=O)(=O)Nc2cccc(Nc3cc(-c4ccccc4)nc(C)n3)c2)cc1OC. The van der Waals surface area contributed by atoms with Crippen LogP contribution in [0.15, 0.2) is 83.8 Å². The lowest BCUT2D eigenvalue weighted by atomic mass is 10.1. The van der Waals surface area contributed by atoms with E-state index in [4.69, 9.17) is 9.47 Å². The van der Waals surface area contributed by atoms with Gasteiger partial charge in [-0.15, -0.1) is 0 Å². The number of nitrogens with zero attached hydrogens (tertiary/aromatic N) is 2. The summed E-state index contributed by atoms with van der Waals surface area (Å²) in [5, 5.41) is 3.23. The minimum atomic E-state index is -3.85. The summed E-state index contributed by atoms with van der Waals surface area (Å²) >= 11 is 0. The van der Waals surface area contributed by atoms with Gasteiger partial charge in [0, 0.05) is 23.4 Å². The number of nitrogens with one attached hydrogen (secondary N) is 2. The molecule has 34 heavy (non-hydrogen) atoms. The van der Waals surface area contributed by atoms with E-state index in [2.05, 4.69) is 20.0 Å². The number of hydrogen-bond donors (Lipinski definition) is 2. The molecule has 0 bridgehead atoms. The van der Waals surface area contributed by atoms with Crippen LogP contribution in [-0.2, 0) is 10.0 Å². The normalized spacial score (nSPS) is 11.0. The standard InChI is InChI=1S/C25H24N4O4S/c1-17-26-22(18-8-5-4-6-9-18)16-25(27-17)28-19-10-7-11-20(14-19)29-34(30,31)21-12-13-23(32-2)24(15-21)33-3/h4-16,29H,1-3H3,(H,26,27,28). The van der Waals surface area contributed by atoms with Gasteiger partial charge < -0.3 is 14.8 Å². The molecule has 0 fully saturated rings. The van der Waals surface area contributed by atoms with Gasteiger partial charge in [0.1, 0.15) is 11.6 Å². The van der Waals surface area contributed by atoms with Gasteiger partial charge in [-0.1, -0.05) is 36.4 Å². The molecule has 8 nitrogen and oxygen atoms in total. The number of methoxy groups -OCH3 is 2. The lowest BCUT2D eigenvalue weighted by molar-refractivity contribution is 0.354. The van der Waals surface area contributed by atoms with E-state index in [9.17, 15) is 8.42 Å². The minimum absolute atomic E-state index is 0.0578. The first kappa shape index (κ1) is 23.1. The van der Waals surface area contributed by atoms with Gasteiger partial charge in [0.05, 0.1) is 30.5 Å². The second kappa shape index (κ2) is 9.80. The van der Waals surface area contributed by atoms with Crippen molar-refractivity contribution in [2.24, 2.45) is 0 Å². The molecular weight excluding hydrogens is 452 g/mol. The van der Waals surface area contributed by atoms with E-state index in [-0.39, 0.29) is 4.90 Å². The maximum Gasteiger partial charge on any atom is 0.262 e. The van der Waals surface area contributed by atoms with Crippen molar-refractivity contribution < 1.29 is 17.9 Å². The molecule has 0 saturated heterocycles. The average molecular weight is 477 g/mol. The van der Waals surface area contributed by atoms with Crippen molar-refractivity contribution in [1.29, 1.82) is 0 Å². The van der Waals surface area contributed by atoms with Crippen LogP contribution in [0.1, 0.15) is 5.82 Å². The van der Waals surface area contributed by atoms with Crippen LogP contribution in [0.4, 0.5) is 17.2 Å². The molecular formula is C25H24N4O4S. The first-order valence-corrected chi connectivity index (χ1v) is 11.9. The van der Waals surface area contributed by atoms with E-state index in [1.807, 2.05) is 49.4 Å². The Morgan fingerprint density at radius 1 is 0.765 bits per heavy atom. The van der Waals surface area contributed by atoms with Gasteiger partial charge in [-0.2, -0.15) is 0 Å². The van der Waals surface area contributed by atoms with Crippen LogP contribution in [0.3, 0.4) is 0 Å². The van der Waals surface area contributed by atoms with Crippen LogP contribution < -0.4 is 19.5 Å². The van der Waals surface area contributed by atoms with Crippen LogP contribution in [0.25, 0.3) is 11.3 Å². The number of benzene rings is 3. The molecule has 1 aromatic heterocycles. The monoisotopic (exact) mass is 476 g/mol. The first-order chi connectivity index (χ1) is 16.4. The molecule has 0 saturated carbocycles. The summed E-state index contributed by atoms with van der Waals surface area (Å²) in [6, 6.07) is 23.0. The summed E-state index contributed by atoms with van der Waals surface area (Å²) in [6.45, 7) is 1.82. The molecule has 2 N–H and O–H groups in total. The van der Waals surface area contributed by atoms with Gasteiger partial charge in [0.15, 0.2) is 11.5 Å². The van der Waals surface area contributed by atoms with Crippen molar-refractivity contribution in [1.82, 2.24) is 9.97 Å². The molecule has 0 aliphatic rings. The number of hydrogen-bond acceptors (Lipinski definition) is 7. The topological polar surface area (TPSA) is 102 Å². The van der Waals surface area contributed by atoms with Crippen LogP contribution in [-0.4, -0.2) is 32.6 Å². The minimum Gasteiger partial charge on any atom is -0.493 e. The average Bonchev–Trinajstić information content (AvgIpc) is 2.83. The molecule has 4 rings (SSSR count). The van der Waals surface area contributed by atoms with Crippen LogP contribution >= 0.6 is 0 Å². The summed E-state index contributed by atoms with van der Waals surface area (Å²) in [5.41, 5.74) is 2.84. The van der Waals surface area contributed by atoms with E-state index in [1.165, 1.54) is 26.4 Å². The Kier molecular flexibility index (Phi) is 6.65. The van der Waals surface area contributed by atoms with Crippen LogP contribution in [0.5, 0.6) is 11.5 Å². The first-order valence-electron chi connectivity index (χ1n) is 10.4.